The van der Waals surface area contributed by atoms with Crippen LogP contribution in [0.4, 0.5) is 0 Å². The quantitative estimate of drug-likeness (QED) is 0.411. The summed E-state index contributed by atoms with van der Waals surface area (Å²) >= 11 is 0. The van der Waals surface area contributed by atoms with Gasteiger partial charge >= 0.3 is 0 Å². The average Bonchev–Trinajstić information content (AvgIpc) is 2.90. The van der Waals surface area contributed by atoms with Gasteiger partial charge in [0.15, 0.2) is 5.96 Å². The topological polar surface area (TPSA) is 39.7 Å². The third-order valence-electron chi connectivity index (χ3n) is 4.21. The van der Waals surface area contributed by atoms with Crippen molar-refractivity contribution in [2.24, 2.45) is 4.99 Å². The molecule has 0 heterocycles. The number of guanidine groups is 1. The summed E-state index contributed by atoms with van der Waals surface area (Å²) in [5, 5.41) is 6.94. The molecule has 0 radical (unpaired) electrons. The summed E-state index contributed by atoms with van der Waals surface area (Å²) in [5.74, 6) is 1.00. The first kappa shape index (κ1) is 18.3. The van der Waals surface area contributed by atoms with Gasteiger partial charge in [-0.15, -0.1) is 0 Å². The van der Waals surface area contributed by atoms with Gasteiger partial charge in [-0.1, -0.05) is 12.8 Å². The van der Waals surface area contributed by atoms with Gasteiger partial charge in [0.25, 0.3) is 0 Å². The van der Waals surface area contributed by atoms with E-state index in [1.54, 1.807) is 0 Å². The Bertz CT molecular complexity index is 285. The average molecular weight is 297 g/mol. The van der Waals surface area contributed by atoms with Gasteiger partial charge in [-0.25, -0.2) is 0 Å². The van der Waals surface area contributed by atoms with Crippen molar-refractivity contribution in [3.8, 4) is 0 Å². The van der Waals surface area contributed by atoms with E-state index >= 15 is 0 Å². The van der Waals surface area contributed by atoms with E-state index in [4.69, 9.17) is 4.99 Å². The van der Waals surface area contributed by atoms with Gasteiger partial charge in [0, 0.05) is 37.8 Å². The molecule has 4 heteroatoms. The van der Waals surface area contributed by atoms with Gasteiger partial charge in [0.1, 0.15) is 0 Å². The van der Waals surface area contributed by atoms with Gasteiger partial charge in [-0.2, -0.15) is 0 Å². The molecule has 2 N–H and O–H groups in total. The second-order valence-electron chi connectivity index (χ2n) is 6.67. The highest BCUT2D eigenvalue weighted by atomic mass is 15.2. The Morgan fingerprint density at radius 3 is 2.29 bits per heavy atom. The normalized spacial score (nSPS) is 17.2. The number of hydrogen-bond donors (Lipinski definition) is 2. The molecule has 0 aliphatic heterocycles. The maximum Gasteiger partial charge on any atom is 0.191 e. The van der Waals surface area contributed by atoms with Crippen LogP contribution in [0.5, 0.6) is 0 Å². The molecule has 1 rings (SSSR count). The van der Waals surface area contributed by atoms with Crippen LogP contribution in [-0.4, -0.2) is 48.6 Å². The summed E-state index contributed by atoms with van der Waals surface area (Å²) in [5.41, 5.74) is 0. The smallest absolute Gasteiger partial charge is 0.191 e. The van der Waals surface area contributed by atoms with Crippen LogP contribution in [0.25, 0.3) is 0 Å². The summed E-state index contributed by atoms with van der Waals surface area (Å²) in [4.78, 5) is 7.27. The largest absolute Gasteiger partial charge is 0.357 e. The molecule has 0 saturated heterocycles. The third kappa shape index (κ3) is 7.16. The zero-order valence-electron chi connectivity index (χ0n) is 14.8. The number of nitrogens with one attached hydrogen (secondary N) is 2. The molecule has 1 aliphatic carbocycles. The van der Waals surface area contributed by atoms with Gasteiger partial charge < -0.3 is 10.6 Å². The highest BCUT2D eigenvalue weighted by molar-refractivity contribution is 5.80. The number of hydrogen-bond acceptors (Lipinski definition) is 2. The van der Waals surface area contributed by atoms with E-state index in [1.165, 1.54) is 25.7 Å². The molecule has 0 aromatic heterocycles. The second kappa shape index (κ2) is 10.0. The Balaban J connectivity index is 2.35. The minimum Gasteiger partial charge on any atom is -0.357 e. The van der Waals surface area contributed by atoms with E-state index in [2.05, 4.69) is 50.2 Å². The predicted molar refractivity (Wildman–Crippen MR) is 93.0 cm³/mol. The van der Waals surface area contributed by atoms with E-state index in [-0.39, 0.29) is 0 Å². The maximum absolute atomic E-state index is 4.74. The van der Waals surface area contributed by atoms with Gasteiger partial charge in [0.05, 0.1) is 0 Å². The summed E-state index contributed by atoms with van der Waals surface area (Å²) in [6.45, 7) is 14.2. The molecule has 1 fully saturated rings. The molecule has 21 heavy (non-hydrogen) atoms. The molecule has 4 nitrogen and oxygen atoms in total. The van der Waals surface area contributed by atoms with Crippen LogP contribution in [0.2, 0.25) is 0 Å². The molecule has 124 valence electrons. The predicted octanol–water partition coefficient (Wildman–Crippen LogP) is 2.99. The zero-order valence-corrected chi connectivity index (χ0v) is 14.8. The van der Waals surface area contributed by atoms with Crippen LogP contribution < -0.4 is 10.6 Å². The molecule has 0 amide bonds. The summed E-state index contributed by atoms with van der Waals surface area (Å²) in [6.07, 6.45) is 6.42. The van der Waals surface area contributed by atoms with Crippen LogP contribution in [0.3, 0.4) is 0 Å². The zero-order chi connectivity index (χ0) is 15.7. The fraction of sp³-hybridized carbons (Fsp3) is 0.941. The first-order valence-electron chi connectivity index (χ1n) is 8.85. The monoisotopic (exact) mass is 296 g/mol. The lowest BCUT2D eigenvalue weighted by Gasteiger charge is -2.30. The van der Waals surface area contributed by atoms with Crippen molar-refractivity contribution in [1.29, 1.82) is 0 Å². The van der Waals surface area contributed by atoms with Gasteiger partial charge in [0.2, 0.25) is 0 Å². The fourth-order valence-corrected chi connectivity index (χ4v) is 3.14. The van der Waals surface area contributed by atoms with Crippen LogP contribution in [0.1, 0.15) is 66.7 Å². The molecule has 0 spiro atoms. The molecule has 0 bridgehead atoms. The fourth-order valence-electron chi connectivity index (χ4n) is 3.14. The molecule has 0 aromatic carbocycles. The van der Waals surface area contributed by atoms with E-state index in [9.17, 15) is 0 Å². The minimum atomic E-state index is 0.610. The second-order valence-corrected chi connectivity index (χ2v) is 6.67. The van der Waals surface area contributed by atoms with E-state index < -0.39 is 0 Å². The number of nitrogens with zero attached hydrogens (tertiary/aromatic N) is 2. The Morgan fingerprint density at radius 2 is 1.76 bits per heavy atom. The van der Waals surface area contributed by atoms with Crippen molar-refractivity contribution < 1.29 is 0 Å². The molecule has 0 atom stereocenters. The Kier molecular flexibility index (Phi) is 8.74. The SMILES string of the molecule is CCNC(=NCCCN(C(C)C)C(C)C)NC1CCCC1. The van der Waals surface area contributed by atoms with Gasteiger partial charge in [-0.05, 0) is 53.9 Å². The van der Waals surface area contributed by atoms with Crippen LogP contribution in [0.15, 0.2) is 4.99 Å². The van der Waals surface area contributed by atoms with E-state index in [1.807, 2.05) is 0 Å². The van der Waals surface area contributed by atoms with Crippen molar-refractivity contribution in [2.45, 2.75) is 84.8 Å². The standard InChI is InChI=1S/C17H36N4/c1-6-18-17(20-16-10-7-8-11-16)19-12-9-13-21(14(2)3)15(4)5/h14-16H,6-13H2,1-5H3,(H2,18,19,20). The summed E-state index contributed by atoms with van der Waals surface area (Å²) < 4.78 is 0. The number of aliphatic imine (C=N–C) groups is 1. The van der Waals surface area contributed by atoms with Crippen LogP contribution in [0, 0.1) is 0 Å². The van der Waals surface area contributed by atoms with Crippen molar-refractivity contribution in [2.75, 3.05) is 19.6 Å². The van der Waals surface area contributed by atoms with Crippen molar-refractivity contribution in [3.05, 3.63) is 0 Å². The first-order chi connectivity index (χ1) is 10.0. The van der Waals surface area contributed by atoms with Crippen molar-refractivity contribution in [3.63, 3.8) is 0 Å². The molecule has 0 unspecified atom stereocenters. The van der Waals surface area contributed by atoms with E-state index in [0.717, 1.165) is 32.0 Å². The Hall–Kier alpha value is -0.770. The van der Waals surface area contributed by atoms with Crippen molar-refractivity contribution >= 4 is 5.96 Å². The molecule has 1 aliphatic rings. The highest BCUT2D eigenvalue weighted by Gasteiger charge is 2.16. The Labute approximate surface area is 131 Å². The van der Waals surface area contributed by atoms with Crippen molar-refractivity contribution in [1.82, 2.24) is 15.5 Å². The summed E-state index contributed by atoms with van der Waals surface area (Å²) in [7, 11) is 0. The van der Waals surface area contributed by atoms with Crippen LogP contribution >= 0.6 is 0 Å². The molecular formula is C17H36N4. The Morgan fingerprint density at radius 1 is 1.14 bits per heavy atom. The molecule has 1 saturated carbocycles. The lowest BCUT2D eigenvalue weighted by molar-refractivity contribution is 0.174. The molecular weight excluding hydrogens is 260 g/mol. The lowest BCUT2D eigenvalue weighted by Crippen LogP contribution is -2.42. The van der Waals surface area contributed by atoms with E-state index in [0.29, 0.717) is 18.1 Å². The lowest BCUT2D eigenvalue weighted by atomic mass is 10.2. The minimum absolute atomic E-state index is 0.610. The third-order valence-corrected chi connectivity index (χ3v) is 4.21. The van der Waals surface area contributed by atoms with Gasteiger partial charge in [-0.3, -0.25) is 9.89 Å². The summed E-state index contributed by atoms with van der Waals surface area (Å²) in [6, 6.07) is 1.85. The number of rotatable bonds is 8. The maximum atomic E-state index is 4.74. The first-order valence-corrected chi connectivity index (χ1v) is 8.85. The highest BCUT2D eigenvalue weighted by Crippen LogP contribution is 2.17. The van der Waals surface area contributed by atoms with Crippen LogP contribution in [-0.2, 0) is 0 Å². The molecule has 0 aromatic rings.